The van der Waals surface area contributed by atoms with E-state index in [9.17, 15) is 9.59 Å². The molecule has 0 amide bonds. The van der Waals surface area contributed by atoms with Crippen molar-refractivity contribution in [3.63, 3.8) is 0 Å². The van der Waals surface area contributed by atoms with Crippen LogP contribution in [0.5, 0.6) is 0 Å². The van der Waals surface area contributed by atoms with E-state index in [0.717, 1.165) is 16.7 Å². The average Bonchev–Trinajstić information content (AvgIpc) is 3.01. The third kappa shape index (κ3) is 2.78. The predicted octanol–water partition coefficient (Wildman–Crippen LogP) is 2.55. The molecule has 1 fully saturated rings. The summed E-state index contributed by atoms with van der Waals surface area (Å²) in [6, 6.07) is 17.3. The molecule has 2 aliphatic heterocycles. The molecule has 5 nitrogen and oxygen atoms in total. The minimum atomic E-state index is -0.857. The molecule has 134 valence electrons. The Bertz CT molecular complexity index is 835. The lowest BCUT2D eigenvalue weighted by Crippen LogP contribution is -2.53. The lowest BCUT2D eigenvalue weighted by atomic mass is 9.86. The first-order valence-corrected chi connectivity index (χ1v) is 8.77. The van der Waals surface area contributed by atoms with Gasteiger partial charge in [0.1, 0.15) is 12.1 Å². The minimum Gasteiger partial charge on any atom is -0.468 e. The van der Waals surface area contributed by atoms with Gasteiger partial charge in [-0.25, -0.2) is 0 Å². The first-order chi connectivity index (χ1) is 12.6. The summed E-state index contributed by atoms with van der Waals surface area (Å²) >= 11 is 0. The van der Waals surface area contributed by atoms with Crippen molar-refractivity contribution >= 4 is 11.9 Å². The third-order valence-corrected chi connectivity index (χ3v) is 5.39. The standard InChI is InChI=1S/C21H21NO4/c1-25-20(24)21-11-15-9-5-6-10-16(15)18(22-21)17(12-21)19(23)26-13-14-7-3-2-4-8-14/h2-10,17-18,22H,11-13H2,1H3/t17-,18?,21?/m1/s1. The third-order valence-electron chi connectivity index (χ3n) is 5.39. The van der Waals surface area contributed by atoms with Gasteiger partial charge in [0.25, 0.3) is 0 Å². The zero-order chi connectivity index (χ0) is 18.1. The number of hydrogen-bond acceptors (Lipinski definition) is 5. The molecular formula is C21H21NO4. The van der Waals surface area contributed by atoms with Gasteiger partial charge in [-0.15, -0.1) is 0 Å². The molecule has 5 heteroatoms. The lowest BCUT2D eigenvalue weighted by molar-refractivity contribution is -0.151. The number of carbonyl (C=O) groups excluding carboxylic acids is 2. The highest BCUT2D eigenvalue weighted by molar-refractivity contribution is 5.86. The number of esters is 2. The number of rotatable bonds is 4. The average molecular weight is 351 g/mol. The fourth-order valence-electron chi connectivity index (χ4n) is 4.16. The van der Waals surface area contributed by atoms with Crippen LogP contribution in [0.15, 0.2) is 54.6 Å². The van der Waals surface area contributed by atoms with E-state index >= 15 is 0 Å². The number of fused-ring (bicyclic) bond motifs is 4. The fraction of sp³-hybridized carbons (Fsp3) is 0.333. The SMILES string of the molecule is COC(=O)C12Cc3ccccc3C(N1)[C@H](C(=O)OCc1ccccc1)C2. The summed E-state index contributed by atoms with van der Waals surface area (Å²) in [5.74, 6) is -1.02. The van der Waals surface area contributed by atoms with Gasteiger partial charge in [0, 0.05) is 12.5 Å². The predicted molar refractivity (Wildman–Crippen MR) is 95.1 cm³/mol. The lowest BCUT2D eigenvalue weighted by Gasteiger charge is -2.33. The maximum absolute atomic E-state index is 12.8. The molecule has 0 aliphatic carbocycles. The van der Waals surface area contributed by atoms with E-state index in [2.05, 4.69) is 5.32 Å². The number of carbonyl (C=O) groups is 2. The second kappa shape index (κ2) is 6.57. The Kier molecular flexibility index (Phi) is 4.24. The molecule has 2 aromatic carbocycles. The van der Waals surface area contributed by atoms with Crippen molar-refractivity contribution in [2.75, 3.05) is 7.11 Å². The van der Waals surface area contributed by atoms with Gasteiger partial charge < -0.3 is 9.47 Å². The van der Waals surface area contributed by atoms with E-state index in [0.29, 0.717) is 12.8 Å². The number of nitrogens with one attached hydrogen (secondary N) is 1. The second-order valence-electron chi connectivity index (χ2n) is 6.98. The topological polar surface area (TPSA) is 64.6 Å². The van der Waals surface area contributed by atoms with Gasteiger partial charge in [0.05, 0.1) is 13.0 Å². The van der Waals surface area contributed by atoms with Crippen LogP contribution >= 0.6 is 0 Å². The van der Waals surface area contributed by atoms with Crippen molar-refractivity contribution in [1.82, 2.24) is 5.32 Å². The van der Waals surface area contributed by atoms with Gasteiger partial charge in [-0.05, 0) is 23.1 Å². The maximum Gasteiger partial charge on any atom is 0.326 e. The number of methoxy groups -OCH3 is 1. The first-order valence-electron chi connectivity index (χ1n) is 8.77. The van der Waals surface area contributed by atoms with Crippen molar-refractivity contribution in [3.8, 4) is 0 Å². The highest BCUT2D eigenvalue weighted by Gasteiger charge is 2.57. The largest absolute Gasteiger partial charge is 0.468 e. The molecule has 2 aromatic rings. The van der Waals surface area contributed by atoms with Gasteiger partial charge in [-0.2, -0.15) is 0 Å². The highest BCUT2D eigenvalue weighted by atomic mass is 16.5. The number of hydrogen-bond donors (Lipinski definition) is 1. The van der Waals surface area contributed by atoms with Gasteiger partial charge in [0.2, 0.25) is 0 Å². The summed E-state index contributed by atoms with van der Waals surface area (Å²) < 4.78 is 10.6. The molecule has 26 heavy (non-hydrogen) atoms. The van der Waals surface area contributed by atoms with Crippen molar-refractivity contribution in [3.05, 3.63) is 71.3 Å². The summed E-state index contributed by atoms with van der Waals surface area (Å²) in [5, 5.41) is 3.36. The number of benzene rings is 2. The van der Waals surface area contributed by atoms with Crippen LogP contribution in [-0.2, 0) is 32.1 Å². The van der Waals surface area contributed by atoms with Gasteiger partial charge in [-0.1, -0.05) is 54.6 Å². The zero-order valence-electron chi connectivity index (χ0n) is 14.6. The molecule has 0 saturated carbocycles. The summed E-state index contributed by atoms with van der Waals surface area (Å²) in [5.41, 5.74) is 2.23. The van der Waals surface area contributed by atoms with Crippen LogP contribution in [0.3, 0.4) is 0 Å². The molecule has 0 spiro atoms. The molecule has 0 aromatic heterocycles. The molecule has 2 aliphatic rings. The molecule has 4 rings (SSSR count). The van der Waals surface area contributed by atoms with Gasteiger partial charge in [0.15, 0.2) is 0 Å². The van der Waals surface area contributed by atoms with Crippen LogP contribution in [0.4, 0.5) is 0 Å². The summed E-state index contributed by atoms with van der Waals surface area (Å²) in [6.07, 6.45) is 0.904. The normalized spacial score (nSPS) is 26.0. The van der Waals surface area contributed by atoms with E-state index in [1.54, 1.807) is 0 Å². The molecule has 2 unspecified atom stereocenters. The minimum absolute atomic E-state index is 0.232. The van der Waals surface area contributed by atoms with Crippen molar-refractivity contribution in [2.45, 2.75) is 31.0 Å². The summed E-state index contributed by atoms with van der Waals surface area (Å²) in [7, 11) is 1.38. The van der Waals surface area contributed by atoms with Crippen LogP contribution in [-0.4, -0.2) is 24.6 Å². The van der Waals surface area contributed by atoms with E-state index in [-0.39, 0.29) is 24.6 Å². The van der Waals surface area contributed by atoms with Crippen LogP contribution in [0.2, 0.25) is 0 Å². The fourth-order valence-corrected chi connectivity index (χ4v) is 4.16. The Morgan fingerprint density at radius 1 is 1.12 bits per heavy atom. The van der Waals surface area contributed by atoms with Crippen molar-refractivity contribution in [2.24, 2.45) is 5.92 Å². The van der Waals surface area contributed by atoms with E-state index in [4.69, 9.17) is 9.47 Å². The molecule has 1 N–H and O–H groups in total. The van der Waals surface area contributed by atoms with Gasteiger partial charge >= 0.3 is 11.9 Å². The summed E-state index contributed by atoms with van der Waals surface area (Å²) in [4.78, 5) is 25.3. The molecule has 2 heterocycles. The van der Waals surface area contributed by atoms with Crippen LogP contribution in [0.1, 0.15) is 29.2 Å². The van der Waals surface area contributed by atoms with Crippen LogP contribution in [0, 0.1) is 5.92 Å². The Morgan fingerprint density at radius 3 is 2.62 bits per heavy atom. The van der Waals surface area contributed by atoms with Crippen molar-refractivity contribution < 1.29 is 19.1 Å². The first kappa shape index (κ1) is 16.8. The van der Waals surface area contributed by atoms with E-state index in [1.807, 2.05) is 54.6 Å². The smallest absolute Gasteiger partial charge is 0.326 e. The van der Waals surface area contributed by atoms with Crippen molar-refractivity contribution in [1.29, 1.82) is 0 Å². The number of ether oxygens (including phenoxy) is 2. The molecule has 2 bridgehead atoms. The monoisotopic (exact) mass is 351 g/mol. The van der Waals surface area contributed by atoms with E-state index < -0.39 is 11.5 Å². The van der Waals surface area contributed by atoms with E-state index in [1.165, 1.54) is 7.11 Å². The molecular weight excluding hydrogens is 330 g/mol. The molecule has 0 radical (unpaired) electrons. The molecule has 3 atom stereocenters. The quantitative estimate of drug-likeness (QED) is 0.858. The maximum atomic E-state index is 12.8. The Hall–Kier alpha value is -2.66. The van der Waals surface area contributed by atoms with Crippen LogP contribution < -0.4 is 5.32 Å². The second-order valence-corrected chi connectivity index (χ2v) is 6.98. The Morgan fingerprint density at radius 2 is 1.85 bits per heavy atom. The van der Waals surface area contributed by atoms with Gasteiger partial charge in [-0.3, -0.25) is 14.9 Å². The van der Waals surface area contributed by atoms with Crippen LogP contribution in [0.25, 0.3) is 0 Å². The zero-order valence-corrected chi connectivity index (χ0v) is 14.6. The Balaban J connectivity index is 1.59. The molecule has 1 saturated heterocycles. The summed E-state index contributed by atoms with van der Waals surface area (Å²) in [6.45, 7) is 0.232. The highest BCUT2D eigenvalue weighted by Crippen LogP contribution is 2.46. The Labute approximate surface area is 152 Å².